The molecule has 0 aliphatic heterocycles. The van der Waals surface area contributed by atoms with Gasteiger partial charge in [-0.1, -0.05) is 6.42 Å². The molecule has 1 amide bonds. The van der Waals surface area contributed by atoms with Gasteiger partial charge in [-0.15, -0.1) is 11.3 Å². The Hall–Kier alpha value is -3.33. The number of thiophene rings is 1. The third-order valence-corrected chi connectivity index (χ3v) is 7.35. The second kappa shape index (κ2) is 9.89. The van der Waals surface area contributed by atoms with Crippen LogP contribution in [0.4, 0.5) is 5.69 Å². The van der Waals surface area contributed by atoms with E-state index in [0.29, 0.717) is 31.9 Å². The van der Waals surface area contributed by atoms with Crippen molar-refractivity contribution in [2.45, 2.75) is 65.0 Å². The molecule has 34 heavy (non-hydrogen) atoms. The number of rotatable bonds is 6. The highest BCUT2D eigenvalue weighted by Crippen LogP contribution is 2.30. The summed E-state index contributed by atoms with van der Waals surface area (Å²) in [5.74, 6) is -0.879. The maximum atomic E-state index is 13.3. The van der Waals surface area contributed by atoms with Gasteiger partial charge >= 0.3 is 5.97 Å². The topological polar surface area (TPSA) is 107 Å². The molecule has 8 nitrogen and oxygen atoms in total. The standard InChI is InChI=1S/C25H27N3O5S/c1-14-20-23(34-22(14)25(32)33-19-7-5-4-6-8-19)26-13-28(24(20)31)15(2)21(30)17-9-11-18(12-10-17)27-16(3)29/h9-13,15,19H,4-8H2,1-3H3,(H,27,29). The van der Waals surface area contributed by atoms with Crippen molar-refractivity contribution >= 4 is 44.9 Å². The number of ketones is 1. The maximum absolute atomic E-state index is 13.3. The predicted molar refractivity (Wildman–Crippen MR) is 131 cm³/mol. The number of ether oxygens (including phenoxy) is 1. The second-order valence-corrected chi connectivity index (χ2v) is 9.66. The van der Waals surface area contributed by atoms with Crippen LogP contribution in [0.15, 0.2) is 35.4 Å². The number of esters is 1. The first-order chi connectivity index (χ1) is 16.3. The average molecular weight is 482 g/mol. The van der Waals surface area contributed by atoms with Gasteiger partial charge in [0.2, 0.25) is 5.91 Å². The first-order valence-corrected chi connectivity index (χ1v) is 12.2. The van der Waals surface area contributed by atoms with Crippen LogP contribution in [0.5, 0.6) is 0 Å². The molecule has 1 aromatic carbocycles. The molecule has 1 atom stereocenters. The van der Waals surface area contributed by atoms with E-state index in [4.69, 9.17) is 4.74 Å². The summed E-state index contributed by atoms with van der Waals surface area (Å²) in [6, 6.07) is 5.69. The molecular formula is C25H27N3O5S. The van der Waals surface area contributed by atoms with Crippen molar-refractivity contribution in [3.63, 3.8) is 0 Å². The van der Waals surface area contributed by atoms with E-state index < -0.39 is 12.0 Å². The van der Waals surface area contributed by atoms with Crippen molar-refractivity contribution in [1.29, 1.82) is 0 Å². The number of carbonyl (C=O) groups excluding carboxylic acids is 3. The van der Waals surface area contributed by atoms with E-state index in [0.717, 1.165) is 43.4 Å². The Morgan fingerprint density at radius 2 is 1.82 bits per heavy atom. The number of nitrogens with one attached hydrogen (secondary N) is 1. The molecule has 0 radical (unpaired) electrons. The Bertz CT molecular complexity index is 1300. The summed E-state index contributed by atoms with van der Waals surface area (Å²) in [6.07, 6.45) is 6.28. The summed E-state index contributed by atoms with van der Waals surface area (Å²) >= 11 is 1.15. The Morgan fingerprint density at radius 3 is 2.47 bits per heavy atom. The van der Waals surface area contributed by atoms with Crippen molar-refractivity contribution in [1.82, 2.24) is 9.55 Å². The molecule has 2 heterocycles. The van der Waals surface area contributed by atoms with Gasteiger partial charge in [-0.3, -0.25) is 19.0 Å². The van der Waals surface area contributed by atoms with E-state index in [2.05, 4.69) is 10.3 Å². The van der Waals surface area contributed by atoms with Gasteiger partial charge in [0.15, 0.2) is 5.78 Å². The largest absolute Gasteiger partial charge is 0.458 e. The smallest absolute Gasteiger partial charge is 0.348 e. The normalized spacial score (nSPS) is 15.1. The van der Waals surface area contributed by atoms with Gasteiger partial charge in [-0.2, -0.15) is 0 Å². The predicted octanol–water partition coefficient (Wildman–Crippen LogP) is 4.66. The lowest BCUT2D eigenvalue weighted by Gasteiger charge is -2.21. The van der Waals surface area contributed by atoms with Crippen LogP contribution in [-0.2, 0) is 9.53 Å². The zero-order chi connectivity index (χ0) is 24.4. The van der Waals surface area contributed by atoms with Crippen LogP contribution < -0.4 is 10.9 Å². The van der Waals surface area contributed by atoms with E-state index in [9.17, 15) is 19.2 Å². The fourth-order valence-corrected chi connectivity index (χ4v) is 5.31. The van der Waals surface area contributed by atoms with Crippen LogP contribution in [0.1, 0.15) is 77.6 Å². The first kappa shape index (κ1) is 23.8. The van der Waals surface area contributed by atoms with E-state index in [1.807, 2.05) is 0 Å². The monoisotopic (exact) mass is 481 g/mol. The zero-order valence-electron chi connectivity index (χ0n) is 19.4. The van der Waals surface area contributed by atoms with Crippen molar-refractivity contribution < 1.29 is 19.1 Å². The fourth-order valence-electron chi connectivity index (χ4n) is 4.28. The SMILES string of the molecule is CC(=O)Nc1ccc(C(=O)C(C)n2cnc3sc(C(=O)OC4CCCCC4)c(C)c3c2=O)cc1. The highest BCUT2D eigenvalue weighted by Gasteiger charge is 2.26. The van der Waals surface area contributed by atoms with Crippen molar-refractivity contribution in [2.75, 3.05) is 5.32 Å². The Balaban J connectivity index is 1.59. The minimum absolute atomic E-state index is 0.0786. The summed E-state index contributed by atoms with van der Waals surface area (Å²) in [6.45, 7) is 4.76. The van der Waals surface area contributed by atoms with Crippen LogP contribution in [0, 0.1) is 6.92 Å². The number of aryl methyl sites for hydroxylation is 1. The first-order valence-electron chi connectivity index (χ1n) is 11.4. The Kier molecular flexibility index (Phi) is 6.92. The highest BCUT2D eigenvalue weighted by molar-refractivity contribution is 7.20. The van der Waals surface area contributed by atoms with Crippen LogP contribution in [-0.4, -0.2) is 33.3 Å². The molecule has 0 spiro atoms. The van der Waals surface area contributed by atoms with Gasteiger partial charge in [0.05, 0.1) is 17.8 Å². The number of aromatic nitrogens is 2. The molecule has 1 fully saturated rings. The van der Waals surface area contributed by atoms with Gasteiger partial charge < -0.3 is 10.1 Å². The number of carbonyl (C=O) groups is 3. The molecular weight excluding hydrogens is 454 g/mol. The van der Waals surface area contributed by atoms with Crippen LogP contribution >= 0.6 is 11.3 Å². The molecule has 178 valence electrons. The van der Waals surface area contributed by atoms with Crippen molar-refractivity contribution in [3.8, 4) is 0 Å². The quantitative estimate of drug-likeness (QED) is 0.405. The highest BCUT2D eigenvalue weighted by atomic mass is 32.1. The van der Waals surface area contributed by atoms with Crippen LogP contribution in [0.25, 0.3) is 10.2 Å². The third kappa shape index (κ3) is 4.79. The van der Waals surface area contributed by atoms with Crippen LogP contribution in [0.3, 0.4) is 0 Å². The van der Waals surface area contributed by atoms with E-state index in [1.54, 1.807) is 38.1 Å². The van der Waals surface area contributed by atoms with E-state index in [1.165, 1.54) is 17.8 Å². The van der Waals surface area contributed by atoms with Gasteiger partial charge in [0, 0.05) is 18.2 Å². The van der Waals surface area contributed by atoms with Gasteiger partial charge in [-0.25, -0.2) is 9.78 Å². The van der Waals surface area contributed by atoms with Gasteiger partial charge in [0.25, 0.3) is 5.56 Å². The number of nitrogens with zero attached hydrogens (tertiary/aromatic N) is 2. The van der Waals surface area contributed by atoms with Crippen LogP contribution in [0.2, 0.25) is 0 Å². The molecule has 1 aliphatic rings. The molecule has 0 bridgehead atoms. The zero-order valence-corrected chi connectivity index (χ0v) is 20.2. The lowest BCUT2D eigenvalue weighted by molar-refractivity contribution is -0.114. The number of hydrogen-bond donors (Lipinski definition) is 1. The Labute approximate surface area is 201 Å². The summed E-state index contributed by atoms with van der Waals surface area (Å²) < 4.78 is 6.98. The molecule has 4 rings (SSSR count). The fraction of sp³-hybridized carbons (Fsp3) is 0.400. The number of fused-ring (bicyclic) bond motifs is 1. The molecule has 1 N–H and O–H groups in total. The van der Waals surface area contributed by atoms with Gasteiger partial charge in [-0.05, 0) is 69.4 Å². The minimum Gasteiger partial charge on any atom is -0.458 e. The Morgan fingerprint density at radius 1 is 1.15 bits per heavy atom. The minimum atomic E-state index is -0.798. The molecule has 9 heteroatoms. The number of anilines is 1. The number of benzene rings is 1. The van der Waals surface area contributed by atoms with Gasteiger partial charge in [0.1, 0.15) is 15.8 Å². The summed E-state index contributed by atoms with van der Waals surface area (Å²) in [5.41, 5.74) is 1.16. The maximum Gasteiger partial charge on any atom is 0.348 e. The molecule has 3 aromatic rings. The summed E-state index contributed by atoms with van der Waals surface area (Å²) in [5, 5.41) is 2.99. The van der Waals surface area contributed by atoms with Crippen molar-refractivity contribution in [3.05, 3.63) is 57.0 Å². The number of Topliss-reactive ketones (excluding diaryl/α,β-unsaturated/α-hetero) is 1. The van der Waals surface area contributed by atoms with E-state index >= 15 is 0 Å². The third-order valence-electron chi connectivity index (χ3n) is 6.17. The molecule has 2 aromatic heterocycles. The summed E-state index contributed by atoms with van der Waals surface area (Å²) in [7, 11) is 0. The number of hydrogen-bond acceptors (Lipinski definition) is 7. The lowest BCUT2D eigenvalue weighted by atomic mass is 9.98. The second-order valence-electron chi connectivity index (χ2n) is 8.66. The molecule has 1 unspecified atom stereocenters. The van der Waals surface area contributed by atoms with Crippen molar-refractivity contribution in [2.24, 2.45) is 0 Å². The number of amides is 1. The van der Waals surface area contributed by atoms with E-state index in [-0.39, 0.29) is 23.4 Å². The summed E-state index contributed by atoms with van der Waals surface area (Å²) in [4.78, 5) is 55.5. The molecule has 1 saturated carbocycles. The average Bonchev–Trinajstić information content (AvgIpc) is 3.16. The molecule has 1 aliphatic carbocycles. The molecule has 0 saturated heterocycles. The lowest BCUT2D eigenvalue weighted by Crippen LogP contribution is -2.28.